The van der Waals surface area contributed by atoms with Crippen molar-refractivity contribution in [2.45, 2.75) is 19.9 Å². The second kappa shape index (κ2) is 6.84. The molecule has 0 saturated carbocycles. The van der Waals surface area contributed by atoms with Crippen LogP contribution in [0, 0.1) is 0 Å². The van der Waals surface area contributed by atoms with Gasteiger partial charge in [0, 0.05) is 19.2 Å². The molecule has 0 radical (unpaired) electrons. The number of nitrogens with zero attached hydrogens (tertiary/aromatic N) is 4. The molecular formula is C17H20N4O3. The minimum absolute atomic E-state index is 0.481. The molecule has 0 bridgehead atoms. The summed E-state index contributed by atoms with van der Waals surface area (Å²) in [5, 5.41) is 9.16. The fourth-order valence-corrected chi connectivity index (χ4v) is 2.67. The maximum atomic E-state index is 11.2. The van der Waals surface area contributed by atoms with Crippen molar-refractivity contribution in [1.29, 1.82) is 0 Å². The van der Waals surface area contributed by atoms with E-state index in [1.807, 2.05) is 19.2 Å². The molecule has 0 spiro atoms. The zero-order valence-electron chi connectivity index (χ0n) is 13.8. The van der Waals surface area contributed by atoms with Gasteiger partial charge in [-0.15, -0.1) is 0 Å². The molecule has 1 aromatic carbocycles. The van der Waals surface area contributed by atoms with Gasteiger partial charge in [-0.3, -0.25) is 4.90 Å². The van der Waals surface area contributed by atoms with Crippen LogP contribution in [0.2, 0.25) is 0 Å². The van der Waals surface area contributed by atoms with Gasteiger partial charge in [-0.05, 0) is 43.8 Å². The monoisotopic (exact) mass is 328 g/mol. The Balaban J connectivity index is 1.75. The number of carboxylic acid groups (broad SMARTS) is 1. The van der Waals surface area contributed by atoms with Crippen LogP contribution >= 0.6 is 0 Å². The molecule has 7 nitrogen and oxygen atoms in total. The normalized spacial score (nSPS) is 13.2. The average molecular weight is 328 g/mol. The summed E-state index contributed by atoms with van der Waals surface area (Å²) in [6.07, 6.45) is 1.26. The maximum Gasteiger partial charge on any atom is 0.411 e. The minimum atomic E-state index is -0.928. The quantitative estimate of drug-likeness (QED) is 0.909. The lowest BCUT2D eigenvalue weighted by atomic mass is 10.1. The number of amides is 1. The fraction of sp³-hybridized carbons (Fsp3) is 0.353. The van der Waals surface area contributed by atoms with E-state index in [1.54, 1.807) is 12.1 Å². The molecule has 3 rings (SSSR count). The van der Waals surface area contributed by atoms with Gasteiger partial charge in [-0.1, -0.05) is 6.92 Å². The number of fused-ring (bicyclic) bond motifs is 1. The number of rotatable bonds is 5. The first kappa shape index (κ1) is 16.2. The molecule has 0 atom stereocenters. The van der Waals surface area contributed by atoms with Crippen molar-refractivity contribution >= 4 is 11.8 Å². The standard InChI is InChI=1S/C17H20N4O3/c1-3-20(2)10-13-9-16(19-11-18-13)24-14-4-5-15-12(8-14)6-7-21(15)17(22)23/h4-5,8-9,11H,3,6-7,10H2,1-2H3,(H,22,23). The minimum Gasteiger partial charge on any atom is -0.465 e. The van der Waals surface area contributed by atoms with Gasteiger partial charge in [0.05, 0.1) is 11.4 Å². The number of hydrogen-bond acceptors (Lipinski definition) is 5. The number of aromatic nitrogens is 2. The highest BCUT2D eigenvalue weighted by molar-refractivity contribution is 5.89. The summed E-state index contributed by atoms with van der Waals surface area (Å²) in [5.74, 6) is 1.13. The molecule has 1 aromatic heterocycles. The van der Waals surface area contributed by atoms with Gasteiger partial charge < -0.3 is 14.7 Å². The molecule has 0 unspecified atom stereocenters. The van der Waals surface area contributed by atoms with E-state index < -0.39 is 6.09 Å². The Labute approximate surface area is 140 Å². The Morgan fingerprint density at radius 2 is 2.21 bits per heavy atom. The van der Waals surface area contributed by atoms with Crippen LogP contribution in [0.5, 0.6) is 11.6 Å². The van der Waals surface area contributed by atoms with Crippen LogP contribution in [0.3, 0.4) is 0 Å². The Kier molecular flexibility index (Phi) is 4.61. The molecule has 0 aliphatic carbocycles. The topological polar surface area (TPSA) is 78.8 Å². The predicted octanol–water partition coefficient (Wildman–Crippen LogP) is 2.76. The lowest BCUT2D eigenvalue weighted by molar-refractivity contribution is 0.202. The molecule has 0 saturated heterocycles. The third-order valence-electron chi connectivity index (χ3n) is 4.07. The zero-order valence-corrected chi connectivity index (χ0v) is 13.8. The van der Waals surface area contributed by atoms with Gasteiger partial charge in [-0.2, -0.15) is 0 Å². The molecule has 126 valence electrons. The molecular weight excluding hydrogens is 308 g/mol. The molecule has 7 heteroatoms. The fourth-order valence-electron chi connectivity index (χ4n) is 2.67. The van der Waals surface area contributed by atoms with Crippen molar-refractivity contribution < 1.29 is 14.6 Å². The smallest absolute Gasteiger partial charge is 0.411 e. The van der Waals surface area contributed by atoms with Crippen LogP contribution < -0.4 is 9.64 Å². The van der Waals surface area contributed by atoms with Crippen molar-refractivity contribution in [1.82, 2.24) is 14.9 Å². The lowest BCUT2D eigenvalue weighted by Crippen LogP contribution is -2.26. The van der Waals surface area contributed by atoms with Crippen LogP contribution in [-0.4, -0.2) is 46.2 Å². The molecule has 2 heterocycles. The van der Waals surface area contributed by atoms with Crippen LogP contribution in [0.4, 0.5) is 10.5 Å². The first-order valence-electron chi connectivity index (χ1n) is 7.87. The van der Waals surface area contributed by atoms with E-state index in [0.717, 1.165) is 30.0 Å². The zero-order chi connectivity index (χ0) is 17.1. The molecule has 1 N–H and O–H groups in total. The van der Waals surface area contributed by atoms with Gasteiger partial charge in [0.1, 0.15) is 12.1 Å². The van der Waals surface area contributed by atoms with Crippen molar-refractivity contribution in [3.8, 4) is 11.6 Å². The summed E-state index contributed by atoms with van der Waals surface area (Å²) in [6, 6.07) is 7.24. The van der Waals surface area contributed by atoms with Gasteiger partial charge >= 0.3 is 6.09 Å². The van der Waals surface area contributed by atoms with E-state index in [4.69, 9.17) is 9.84 Å². The van der Waals surface area contributed by atoms with Crippen molar-refractivity contribution in [2.75, 3.05) is 25.0 Å². The van der Waals surface area contributed by atoms with Crippen molar-refractivity contribution in [3.63, 3.8) is 0 Å². The largest absolute Gasteiger partial charge is 0.465 e. The van der Waals surface area contributed by atoms with E-state index in [9.17, 15) is 4.79 Å². The van der Waals surface area contributed by atoms with Gasteiger partial charge in [0.25, 0.3) is 0 Å². The Morgan fingerprint density at radius 3 is 2.96 bits per heavy atom. The van der Waals surface area contributed by atoms with Gasteiger partial charge in [-0.25, -0.2) is 14.8 Å². The van der Waals surface area contributed by atoms with E-state index in [-0.39, 0.29) is 0 Å². The summed E-state index contributed by atoms with van der Waals surface area (Å²) < 4.78 is 5.82. The Morgan fingerprint density at radius 1 is 1.38 bits per heavy atom. The Bertz CT molecular complexity index is 750. The predicted molar refractivity (Wildman–Crippen MR) is 89.6 cm³/mol. The van der Waals surface area contributed by atoms with Crippen LogP contribution in [0.25, 0.3) is 0 Å². The maximum absolute atomic E-state index is 11.2. The lowest BCUT2D eigenvalue weighted by Gasteiger charge is -2.14. The second-order valence-electron chi connectivity index (χ2n) is 5.75. The molecule has 2 aromatic rings. The highest BCUT2D eigenvalue weighted by atomic mass is 16.5. The number of ether oxygens (including phenoxy) is 1. The number of hydrogen-bond donors (Lipinski definition) is 1. The number of benzene rings is 1. The summed E-state index contributed by atoms with van der Waals surface area (Å²) >= 11 is 0. The van der Waals surface area contributed by atoms with E-state index in [2.05, 4.69) is 21.8 Å². The SMILES string of the molecule is CCN(C)Cc1cc(Oc2ccc3c(c2)CCN3C(=O)O)ncn1. The van der Waals surface area contributed by atoms with E-state index in [1.165, 1.54) is 11.2 Å². The summed E-state index contributed by atoms with van der Waals surface area (Å²) in [4.78, 5) is 23.1. The van der Waals surface area contributed by atoms with E-state index in [0.29, 0.717) is 24.6 Å². The third-order valence-corrected chi connectivity index (χ3v) is 4.07. The highest BCUT2D eigenvalue weighted by Crippen LogP contribution is 2.32. The number of carbonyl (C=O) groups is 1. The summed E-state index contributed by atoms with van der Waals surface area (Å²) in [5.41, 5.74) is 2.58. The molecule has 1 aliphatic rings. The molecule has 1 amide bonds. The summed E-state index contributed by atoms with van der Waals surface area (Å²) in [7, 11) is 2.03. The van der Waals surface area contributed by atoms with Crippen LogP contribution in [-0.2, 0) is 13.0 Å². The Hall–Kier alpha value is -2.67. The molecule has 0 fully saturated rings. The molecule has 24 heavy (non-hydrogen) atoms. The highest BCUT2D eigenvalue weighted by Gasteiger charge is 2.24. The first-order valence-corrected chi connectivity index (χ1v) is 7.87. The van der Waals surface area contributed by atoms with E-state index >= 15 is 0 Å². The van der Waals surface area contributed by atoms with Gasteiger partial charge in [0.15, 0.2) is 0 Å². The average Bonchev–Trinajstić information content (AvgIpc) is 2.98. The van der Waals surface area contributed by atoms with Crippen LogP contribution in [0.15, 0.2) is 30.6 Å². The van der Waals surface area contributed by atoms with Crippen molar-refractivity contribution in [2.24, 2.45) is 0 Å². The first-order chi connectivity index (χ1) is 11.6. The summed E-state index contributed by atoms with van der Waals surface area (Å²) in [6.45, 7) is 4.23. The number of anilines is 1. The second-order valence-corrected chi connectivity index (χ2v) is 5.75. The van der Waals surface area contributed by atoms with Crippen molar-refractivity contribution in [3.05, 3.63) is 41.9 Å². The van der Waals surface area contributed by atoms with Gasteiger partial charge in [0.2, 0.25) is 5.88 Å². The third kappa shape index (κ3) is 3.46. The molecule has 1 aliphatic heterocycles. The van der Waals surface area contributed by atoms with Crippen LogP contribution in [0.1, 0.15) is 18.2 Å².